The summed E-state index contributed by atoms with van der Waals surface area (Å²) in [6, 6.07) is 0. The van der Waals surface area contributed by atoms with E-state index in [9.17, 15) is 25.9 Å². The Hall–Kier alpha value is 0.363. The third-order valence-corrected chi connectivity index (χ3v) is 2.77. The maximum atomic E-state index is 9.78. The first-order chi connectivity index (χ1) is 7.12. The largest absolute Gasteiger partial charge is 2.00 e. The van der Waals surface area contributed by atoms with Gasteiger partial charge in [-0.2, -0.15) is 0 Å². The van der Waals surface area contributed by atoms with Gasteiger partial charge in [-0.1, -0.05) is 0 Å². The average molecular weight is 342 g/mol. The van der Waals surface area contributed by atoms with Crippen molar-refractivity contribution in [3.8, 4) is 0 Å². The molecule has 8 nitrogen and oxygen atoms in total. The van der Waals surface area contributed by atoms with Crippen molar-refractivity contribution in [3.05, 3.63) is 0 Å². The smallest absolute Gasteiger partial charge is 0.748 e. The first kappa shape index (κ1) is 22.5. The molecule has 4 N–H and O–H groups in total. The van der Waals surface area contributed by atoms with Crippen LogP contribution in [0.25, 0.3) is 0 Å². The van der Waals surface area contributed by atoms with E-state index in [0.717, 1.165) is 0 Å². The van der Waals surface area contributed by atoms with E-state index in [1.54, 1.807) is 0 Å². The molecule has 0 aliphatic carbocycles. The molecule has 0 radical (unpaired) electrons. The molecule has 0 saturated heterocycles. The van der Waals surface area contributed by atoms with Crippen molar-refractivity contribution in [2.75, 3.05) is 24.6 Å². The summed E-state index contributed by atoms with van der Waals surface area (Å²) >= 11 is 0. The van der Waals surface area contributed by atoms with E-state index < -0.39 is 20.2 Å². The van der Waals surface area contributed by atoms with Crippen molar-refractivity contribution in [2.45, 2.75) is 12.8 Å². The minimum Gasteiger partial charge on any atom is -0.748 e. The van der Waals surface area contributed by atoms with Crippen LogP contribution in [0.1, 0.15) is 12.8 Å². The summed E-state index contributed by atoms with van der Waals surface area (Å²) in [5.41, 5.74) is 9.86. The molecule has 0 aliphatic rings. The Bertz CT molecular complexity index is 319. The Morgan fingerprint density at radius 1 is 0.765 bits per heavy atom. The van der Waals surface area contributed by atoms with E-state index in [-0.39, 0.29) is 56.9 Å². The van der Waals surface area contributed by atoms with Crippen LogP contribution in [0, 0.1) is 0 Å². The zero-order valence-corrected chi connectivity index (χ0v) is 14.0. The molecule has 0 amide bonds. The molecule has 0 aromatic carbocycles. The van der Waals surface area contributed by atoms with E-state index in [1.807, 2.05) is 0 Å². The SMILES string of the molecule is NCCCS(=O)(=O)[O-].NCCCS(=O)(=O)[O-].[Zn+2]. The number of nitrogens with two attached hydrogens (primary N) is 2. The molecule has 0 aliphatic heterocycles. The van der Waals surface area contributed by atoms with Crippen molar-refractivity contribution in [2.24, 2.45) is 11.5 Å². The van der Waals surface area contributed by atoms with Gasteiger partial charge in [-0.25, -0.2) is 16.8 Å². The zero-order valence-electron chi connectivity index (χ0n) is 9.37. The van der Waals surface area contributed by atoms with Crippen LogP contribution in [0.3, 0.4) is 0 Å². The minimum atomic E-state index is -4.02. The van der Waals surface area contributed by atoms with E-state index in [1.165, 1.54) is 0 Å². The van der Waals surface area contributed by atoms with Crippen molar-refractivity contribution < 1.29 is 45.4 Å². The van der Waals surface area contributed by atoms with Gasteiger partial charge in [-0.3, -0.25) is 0 Å². The van der Waals surface area contributed by atoms with Crippen LogP contribution in [-0.2, 0) is 39.7 Å². The summed E-state index contributed by atoms with van der Waals surface area (Å²) in [5, 5.41) is 0. The first-order valence-electron chi connectivity index (χ1n) is 4.39. The molecule has 0 atom stereocenters. The minimum absolute atomic E-state index is 0. The second-order valence-corrected chi connectivity index (χ2v) is 5.86. The van der Waals surface area contributed by atoms with Crippen LogP contribution >= 0.6 is 0 Å². The third-order valence-electron chi connectivity index (χ3n) is 1.20. The predicted molar refractivity (Wildman–Crippen MR) is 56.5 cm³/mol. The molecular weight excluding hydrogens is 326 g/mol. The quantitative estimate of drug-likeness (QED) is 0.404. The Morgan fingerprint density at radius 2 is 1.00 bits per heavy atom. The maximum Gasteiger partial charge on any atom is 2.00 e. The summed E-state index contributed by atoms with van der Waals surface area (Å²) in [6.45, 7) is 0.503. The van der Waals surface area contributed by atoms with Crippen molar-refractivity contribution in [1.82, 2.24) is 0 Å². The summed E-state index contributed by atoms with van der Waals surface area (Å²) in [4.78, 5) is 0. The molecule has 11 heteroatoms. The Morgan fingerprint density at radius 3 is 1.06 bits per heavy atom. The average Bonchev–Trinajstić information content (AvgIpc) is 2.10. The van der Waals surface area contributed by atoms with Crippen LogP contribution < -0.4 is 11.5 Å². The van der Waals surface area contributed by atoms with Gasteiger partial charge in [0.05, 0.1) is 20.2 Å². The third kappa shape index (κ3) is 31.4. The van der Waals surface area contributed by atoms with Crippen molar-refractivity contribution in [1.29, 1.82) is 0 Å². The molecule has 0 bridgehead atoms. The van der Waals surface area contributed by atoms with Gasteiger partial charge in [-0.05, 0) is 25.9 Å². The fourth-order valence-corrected chi connectivity index (χ4v) is 1.56. The zero-order chi connectivity index (χ0) is 13.2. The Balaban J connectivity index is -0.000000218. The van der Waals surface area contributed by atoms with E-state index in [0.29, 0.717) is 0 Å². The van der Waals surface area contributed by atoms with Crippen LogP contribution in [-0.4, -0.2) is 50.5 Å². The van der Waals surface area contributed by atoms with Crippen LogP contribution in [0.15, 0.2) is 0 Å². The van der Waals surface area contributed by atoms with Crippen molar-refractivity contribution >= 4 is 20.2 Å². The van der Waals surface area contributed by atoms with Crippen LogP contribution in [0.5, 0.6) is 0 Å². The fourth-order valence-electron chi connectivity index (χ4n) is 0.520. The molecule has 0 spiro atoms. The van der Waals surface area contributed by atoms with Gasteiger partial charge < -0.3 is 20.6 Å². The van der Waals surface area contributed by atoms with Gasteiger partial charge in [0.1, 0.15) is 0 Å². The van der Waals surface area contributed by atoms with E-state index in [4.69, 9.17) is 11.5 Å². The first-order valence-corrected chi connectivity index (χ1v) is 7.55. The van der Waals surface area contributed by atoms with Gasteiger partial charge in [-0.15, -0.1) is 0 Å². The molecule has 0 fully saturated rings. The van der Waals surface area contributed by atoms with Gasteiger partial charge in [0.25, 0.3) is 0 Å². The summed E-state index contributed by atoms with van der Waals surface area (Å²) < 4.78 is 58.7. The molecule has 17 heavy (non-hydrogen) atoms. The molecule has 0 aromatic rings. The fraction of sp³-hybridized carbons (Fsp3) is 1.00. The summed E-state index contributed by atoms with van der Waals surface area (Å²) in [5.74, 6) is -0.688. The topological polar surface area (TPSA) is 166 Å². The predicted octanol–water partition coefficient (Wildman–Crippen LogP) is -2.24. The Kier molecular flexibility index (Phi) is 15.2. The van der Waals surface area contributed by atoms with E-state index >= 15 is 0 Å². The summed E-state index contributed by atoms with van der Waals surface area (Å²) in [6.07, 6.45) is 0.512. The maximum absolute atomic E-state index is 9.78. The van der Waals surface area contributed by atoms with Crippen molar-refractivity contribution in [3.63, 3.8) is 0 Å². The molecule has 0 saturated carbocycles. The van der Waals surface area contributed by atoms with Crippen LogP contribution in [0.2, 0.25) is 0 Å². The van der Waals surface area contributed by atoms with E-state index in [2.05, 4.69) is 0 Å². The molecule has 0 unspecified atom stereocenters. The monoisotopic (exact) mass is 340 g/mol. The molecule has 0 rings (SSSR count). The number of rotatable bonds is 6. The van der Waals surface area contributed by atoms with Gasteiger partial charge in [0.15, 0.2) is 0 Å². The molecular formula is C6H16N2O6S2Zn. The number of hydrogen-bond acceptors (Lipinski definition) is 8. The molecule has 100 valence electrons. The Labute approximate surface area is 114 Å². The standard InChI is InChI=1S/2C3H9NO3S.Zn/c2*4-2-1-3-8(5,6)7;/h2*1-4H2,(H,5,6,7);/q;;+2/p-2. The normalized spacial score (nSPS) is 11.1. The second kappa shape index (κ2) is 11.5. The van der Waals surface area contributed by atoms with Gasteiger partial charge in [0.2, 0.25) is 0 Å². The summed E-state index contributed by atoms with van der Waals surface area (Å²) in [7, 11) is -8.03. The molecule has 0 heterocycles. The van der Waals surface area contributed by atoms with Gasteiger partial charge in [0, 0.05) is 11.5 Å². The molecule has 0 aromatic heterocycles. The number of hydrogen-bond donors (Lipinski definition) is 2. The second-order valence-electron chi connectivity index (χ2n) is 2.81. The van der Waals surface area contributed by atoms with Gasteiger partial charge >= 0.3 is 19.5 Å². The van der Waals surface area contributed by atoms with Crippen LogP contribution in [0.4, 0.5) is 0 Å².